The Hall–Kier alpha value is -4.66. The molecule has 0 aliphatic carbocycles. The van der Waals surface area contributed by atoms with Crippen molar-refractivity contribution in [2.75, 3.05) is 0 Å². The minimum atomic E-state index is 0.391. The normalized spacial score (nSPS) is 11.4. The van der Waals surface area contributed by atoms with Gasteiger partial charge in [0.05, 0.1) is 0 Å². The molecule has 2 heterocycles. The fraction of sp³-hybridized carbons (Fsp3) is 0. The second-order valence-electron chi connectivity index (χ2n) is 8.13. The van der Waals surface area contributed by atoms with E-state index in [1.54, 1.807) is 24.3 Å². The van der Waals surface area contributed by atoms with Crippen LogP contribution in [0.15, 0.2) is 94.2 Å². The first kappa shape index (κ1) is 25.0. The highest BCUT2D eigenvalue weighted by molar-refractivity contribution is 6.30. The lowest BCUT2D eigenvalue weighted by Gasteiger charge is -1.94. The van der Waals surface area contributed by atoms with Crippen LogP contribution in [0.2, 0.25) is 10.0 Å². The zero-order valence-electron chi connectivity index (χ0n) is 19.6. The minimum absolute atomic E-state index is 0.391. The van der Waals surface area contributed by atoms with Gasteiger partial charge in [-0.2, -0.15) is 0 Å². The molecule has 0 unspecified atom stereocenters. The topological polar surface area (TPSA) is 106 Å². The Morgan fingerprint density at radius 2 is 0.974 bits per heavy atom. The van der Waals surface area contributed by atoms with Crippen LogP contribution < -0.4 is 9.81 Å². The van der Waals surface area contributed by atoms with Crippen molar-refractivity contribution >= 4 is 69.6 Å². The molecule has 6 rings (SSSR count). The van der Waals surface area contributed by atoms with Gasteiger partial charge in [0.2, 0.25) is 22.1 Å². The van der Waals surface area contributed by atoms with Crippen molar-refractivity contribution in [2.45, 2.75) is 0 Å². The number of fused-ring (bicyclic) bond motifs is 2. The van der Waals surface area contributed by atoms with E-state index in [9.17, 15) is 10.4 Å². The first-order valence-corrected chi connectivity index (χ1v) is 12.1. The molecule has 38 heavy (non-hydrogen) atoms. The standard InChI is InChI=1S/2C14H9ClN2O2/c15-12-6-3-10(4-7-12)1-2-11-5-8-14-13(9-11)16-19-17(14)18;15-12-6-3-10(4-7-12)1-2-11-5-8-13-14(9-11)17(18)19-16-13/h2*1-9H/b2*2-1+. The molecule has 0 atom stereocenters. The van der Waals surface area contributed by atoms with Gasteiger partial charge in [-0.1, -0.05) is 83.9 Å². The van der Waals surface area contributed by atoms with Gasteiger partial charge in [-0.15, -0.1) is 0 Å². The van der Waals surface area contributed by atoms with Gasteiger partial charge >= 0.3 is 0 Å². The Kier molecular flexibility index (Phi) is 7.35. The Morgan fingerprint density at radius 3 is 1.58 bits per heavy atom. The van der Waals surface area contributed by atoms with Crippen LogP contribution in [0.4, 0.5) is 0 Å². The van der Waals surface area contributed by atoms with Gasteiger partial charge in [0.15, 0.2) is 0 Å². The van der Waals surface area contributed by atoms with E-state index in [0.29, 0.717) is 41.9 Å². The third kappa shape index (κ3) is 6.00. The van der Waals surface area contributed by atoms with Crippen LogP contribution >= 0.6 is 23.2 Å². The van der Waals surface area contributed by atoms with E-state index in [1.165, 1.54) is 0 Å². The van der Waals surface area contributed by atoms with E-state index in [0.717, 1.165) is 22.3 Å². The first-order chi connectivity index (χ1) is 18.4. The van der Waals surface area contributed by atoms with Crippen molar-refractivity contribution in [3.05, 3.63) is 128 Å². The van der Waals surface area contributed by atoms with E-state index < -0.39 is 0 Å². The van der Waals surface area contributed by atoms with Gasteiger partial charge in [0.25, 0.3) is 0 Å². The lowest BCUT2D eigenvalue weighted by atomic mass is 10.1. The molecule has 8 nitrogen and oxygen atoms in total. The smallest absolute Gasteiger partial charge is 0.249 e. The molecule has 2 aromatic heterocycles. The van der Waals surface area contributed by atoms with Crippen molar-refractivity contribution < 1.29 is 19.1 Å². The highest BCUT2D eigenvalue weighted by Gasteiger charge is 2.09. The fourth-order valence-corrected chi connectivity index (χ4v) is 3.77. The number of halogens is 2. The van der Waals surface area contributed by atoms with Gasteiger partial charge in [-0.05, 0) is 68.5 Å². The summed E-state index contributed by atoms with van der Waals surface area (Å²) < 4.78 is 9.04. The van der Waals surface area contributed by atoms with Crippen LogP contribution in [0, 0.1) is 10.4 Å². The summed E-state index contributed by atoms with van der Waals surface area (Å²) in [6.07, 6.45) is 7.76. The predicted octanol–water partition coefficient (Wildman–Crippen LogP) is 6.57. The molecule has 10 heteroatoms. The van der Waals surface area contributed by atoms with Crippen LogP contribution in [-0.4, -0.2) is 10.3 Å². The van der Waals surface area contributed by atoms with Gasteiger partial charge in [0.1, 0.15) is 0 Å². The quantitative estimate of drug-likeness (QED) is 0.183. The average Bonchev–Trinajstić information content (AvgIpc) is 3.50. The summed E-state index contributed by atoms with van der Waals surface area (Å²) in [7, 11) is 0. The number of hydrogen-bond donors (Lipinski definition) is 0. The average molecular weight is 545 g/mol. The second-order valence-corrected chi connectivity index (χ2v) is 9.00. The van der Waals surface area contributed by atoms with Crippen LogP contribution in [0.5, 0.6) is 0 Å². The van der Waals surface area contributed by atoms with E-state index in [4.69, 9.17) is 23.2 Å². The van der Waals surface area contributed by atoms with Crippen molar-refractivity contribution in [3.8, 4) is 0 Å². The van der Waals surface area contributed by atoms with Crippen molar-refractivity contribution in [3.63, 3.8) is 0 Å². The Morgan fingerprint density at radius 1 is 0.526 bits per heavy atom. The van der Waals surface area contributed by atoms with Crippen LogP contribution in [0.1, 0.15) is 22.3 Å². The van der Waals surface area contributed by atoms with E-state index in [-0.39, 0.29) is 0 Å². The molecular formula is C28H18Cl2N4O4. The predicted molar refractivity (Wildman–Crippen MR) is 147 cm³/mol. The summed E-state index contributed by atoms with van der Waals surface area (Å²) in [4.78, 5) is 0.789. The maximum Gasteiger partial charge on any atom is 0.249 e. The molecule has 6 aromatic rings. The van der Waals surface area contributed by atoms with Crippen LogP contribution in [0.25, 0.3) is 46.4 Å². The Balaban J connectivity index is 0.000000155. The SMILES string of the molecule is [O-][n+]1onc2cc(/C=C/c3ccc(Cl)cc3)ccc21.[O-][n+]1onc2ccc(/C=C/c3ccc(Cl)cc3)cc21. The highest BCUT2D eigenvalue weighted by Crippen LogP contribution is 2.17. The van der Waals surface area contributed by atoms with E-state index in [1.807, 2.05) is 85.0 Å². The number of rotatable bonds is 4. The molecule has 0 N–H and O–H groups in total. The van der Waals surface area contributed by atoms with Gasteiger partial charge < -0.3 is 10.4 Å². The zero-order chi connectivity index (χ0) is 26.5. The van der Waals surface area contributed by atoms with Crippen LogP contribution in [-0.2, 0) is 0 Å². The van der Waals surface area contributed by atoms with Crippen LogP contribution in [0.3, 0.4) is 0 Å². The molecule has 0 saturated carbocycles. The van der Waals surface area contributed by atoms with Gasteiger partial charge in [-0.25, -0.2) is 0 Å². The summed E-state index contributed by atoms with van der Waals surface area (Å²) in [6, 6.07) is 25.7. The Labute approximate surface area is 226 Å². The molecule has 0 aliphatic rings. The van der Waals surface area contributed by atoms with Crippen molar-refractivity contribution in [1.29, 1.82) is 0 Å². The summed E-state index contributed by atoms with van der Waals surface area (Å²) in [5.74, 6) is 0. The summed E-state index contributed by atoms with van der Waals surface area (Å²) in [5, 5.41) is 31.2. The first-order valence-electron chi connectivity index (χ1n) is 11.3. The fourth-order valence-electron chi connectivity index (χ4n) is 3.52. The molecular weight excluding hydrogens is 527 g/mol. The number of aromatic nitrogens is 4. The molecule has 188 valence electrons. The molecule has 0 amide bonds. The third-order valence-electron chi connectivity index (χ3n) is 5.50. The Bertz CT molecular complexity index is 1760. The monoisotopic (exact) mass is 544 g/mol. The zero-order valence-corrected chi connectivity index (χ0v) is 21.1. The maximum atomic E-state index is 11.3. The third-order valence-corrected chi connectivity index (χ3v) is 6.00. The molecule has 0 saturated heterocycles. The second kappa shape index (κ2) is 11.2. The number of benzene rings is 4. The molecule has 0 aliphatic heterocycles. The lowest BCUT2D eigenvalue weighted by Crippen LogP contribution is -2.22. The molecule has 0 spiro atoms. The maximum absolute atomic E-state index is 11.3. The van der Waals surface area contributed by atoms with E-state index >= 15 is 0 Å². The minimum Gasteiger partial charge on any atom is -0.359 e. The largest absolute Gasteiger partial charge is 0.359 e. The number of hydrogen-bond acceptors (Lipinski definition) is 6. The molecule has 0 radical (unpaired) electrons. The summed E-state index contributed by atoms with van der Waals surface area (Å²) in [5.41, 5.74) is 5.83. The number of nitrogens with zero attached hydrogens (tertiary/aromatic N) is 4. The van der Waals surface area contributed by atoms with E-state index in [2.05, 4.69) is 19.6 Å². The van der Waals surface area contributed by atoms with Gasteiger partial charge in [0, 0.05) is 32.5 Å². The summed E-state index contributed by atoms with van der Waals surface area (Å²) in [6.45, 7) is 0. The summed E-state index contributed by atoms with van der Waals surface area (Å²) >= 11 is 11.6. The van der Waals surface area contributed by atoms with Gasteiger partial charge in [-0.3, -0.25) is 9.26 Å². The molecule has 0 fully saturated rings. The highest BCUT2D eigenvalue weighted by atomic mass is 35.5. The van der Waals surface area contributed by atoms with Crippen molar-refractivity contribution in [1.82, 2.24) is 10.3 Å². The molecule has 4 aromatic carbocycles. The molecule has 0 bridgehead atoms. The van der Waals surface area contributed by atoms with Crippen molar-refractivity contribution in [2.24, 2.45) is 0 Å². The lowest BCUT2D eigenvalue weighted by molar-refractivity contribution is -0.782.